The van der Waals surface area contributed by atoms with Gasteiger partial charge in [0, 0.05) is 11.8 Å². The maximum Gasteiger partial charge on any atom is 0.165 e. The molecular formula is C11H9FN2O. The van der Waals surface area contributed by atoms with Crippen LogP contribution in [0.2, 0.25) is 0 Å². The van der Waals surface area contributed by atoms with Crippen LogP contribution < -0.4 is 5.73 Å². The Kier molecular flexibility index (Phi) is 2.25. The first-order valence-corrected chi connectivity index (χ1v) is 4.37. The second-order valence-electron chi connectivity index (χ2n) is 3.14. The number of pyridine rings is 1. The maximum atomic E-state index is 12.7. The highest BCUT2D eigenvalue weighted by Gasteiger charge is 2.02. The molecule has 0 aliphatic rings. The fourth-order valence-corrected chi connectivity index (χ4v) is 1.26. The highest BCUT2D eigenvalue weighted by Crippen LogP contribution is 2.25. The van der Waals surface area contributed by atoms with Crippen LogP contribution in [0.15, 0.2) is 36.5 Å². The van der Waals surface area contributed by atoms with E-state index >= 15 is 0 Å². The van der Waals surface area contributed by atoms with E-state index in [0.29, 0.717) is 5.56 Å². The number of halogens is 1. The van der Waals surface area contributed by atoms with Crippen molar-refractivity contribution in [3.05, 3.63) is 42.3 Å². The van der Waals surface area contributed by atoms with Crippen LogP contribution in [0.25, 0.3) is 11.1 Å². The molecule has 0 unspecified atom stereocenters. The summed E-state index contributed by atoms with van der Waals surface area (Å²) in [5.74, 6) is -0.288. The minimum absolute atomic E-state index is 0.0724. The molecule has 0 fully saturated rings. The van der Waals surface area contributed by atoms with E-state index in [9.17, 15) is 9.50 Å². The molecule has 0 atom stereocenters. The van der Waals surface area contributed by atoms with Crippen LogP contribution in [0, 0.1) is 5.82 Å². The van der Waals surface area contributed by atoms with Gasteiger partial charge in [-0.15, -0.1) is 0 Å². The maximum absolute atomic E-state index is 12.7. The van der Waals surface area contributed by atoms with Crippen LogP contribution in [-0.4, -0.2) is 10.1 Å². The van der Waals surface area contributed by atoms with Gasteiger partial charge in [-0.05, 0) is 23.8 Å². The first-order chi connectivity index (χ1) is 7.16. The Bertz CT molecular complexity index is 482. The summed E-state index contributed by atoms with van der Waals surface area (Å²) in [5.41, 5.74) is 6.84. The summed E-state index contributed by atoms with van der Waals surface area (Å²) in [5, 5.41) is 9.35. The molecule has 0 aliphatic heterocycles. The van der Waals surface area contributed by atoms with Crippen molar-refractivity contribution in [2.45, 2.75) is 0 Å². The average Bonchev–Trinajstić information content (AvgIpc) is 2.23. The van der Waals surface area contributed by atoms with E-state index in [-0.39, 0.29) is 17.4 Å². The van der Waals surface area contributed by atoms with Gasteiger partial charge in [-0.2, -0.15) is 0 Å². The monoisotopic (exact) mass is 204 g/mol. The Balaban J connectivity index is 2.45. The number of nitrogen functional groups attached to an aromatic ring is 1. The smallest absolute Gasteiger partial charge is 0.165 e. The van der Waals surface area contributed by atoms with E-state index in [1.807, 2.05) is 0 Å². The third-order valence-corrected chi connectivity index (χ3v) is 2.07. The highest BCUT2D eigenvalue weighted by atomic mass is 19.1. The minimum atomic E-state index is -0.300. The lowest BCUT2D eigenvalue weighted by atomic mass is 10.1. The zero-order valence-electron chi connectivity index (χ0n) is 7.81. The Morgan fingerprint density at radius 1 is 1.13 bits per heavy atom. The van der Waals surface area contributed by atoms with E-state index in [2.05, 4.69) is 4.98 Å². The number of aromatic nitrogens is 1. The highest BCUT2D eigenvalue weighted by molar-refractivity contribution is 5.66. The molecule has 3 N–H and O–H groups in total. The topological polar surface area (TPSA) is 59.1 Å². The van der Waals surface area contributed by atoms with E-state index in [1.54, 1.807) is 12.1 Å². The Morgan fingerprint density at radius 3 is 2.40 bits per heavy atom. The summed E-state index contributed by atoms with van der Waals surface area (Å²) in [4.78, 5) is 3.81. The molecule has 0 saturated carbocycles. The molecule has 2 aromatic rings. The van der Waals surface area contributed by atoms with Crippen molar-refractivity contribution >= 4 is 5.82 Å². The quantitative estimate of drug-likeness (QED) is 0.748. The first kappa shape index (κ1) is 9.45. The molecule has 0 aliphatic carbocycles. The van der Waals surface area contributed by atoms with Crippen molar-refractivity contribution in [3.8, 4) is 16.9 Å². The normalized spacial score (nSPS) is 10.2. The molecule has 2 rings (SSSR count). The summed E-state index contributed by atoms with van der Waals surface area (Å²) in [7, 11) is 0. The molecule has 3 nitrogen and oxygen atoms in total. The molecule has 0 radical (unpaired) electrons. The Labute approximate surface area is 86.0 Å². The molecule has 4 heteroatoms. The number of benzene rings is 1. The van der Waals surface area contributed by atoms with Gasteiger partial charge in [0.25, 0.3) is 0 Å². The van der Waals surface area contributed by atoms with Gasteiger partial charge < -0.3 is 10.8 Å². The second-order valence-corrected chi connectivity index (χ2v) is 3.14. The molecule has 1 heterocycles. The third-order valence-electron chi connectivity index (χ3n) is 2.07. The molecule has 1 aromatic heterocycles. The summed E-state index contributed by atoms with van der Waals surface area (Å²) < 4.78 is 12.7. The van der Waals surface area contributed by atoms with Crippen LogP contribution in [0.4, 0.5) is 10.2 Å². The second kappa shape index (κ2) is 3.57. The van der Waals surface area contributed by atoms with E-state index in [0.717, 1.165) is 5.56 Å². The number of hydrogen-bond donors (Lipinski definition) is 2. The molecule has 0 bridgehead atoms. The Hall–Kier alpha value is -2.10. The van der Waals surface area contributed by atoms with Gasteiger partial charge in [0.05, 0.1) is 0 Å². The predicted octanol–water partition coefficient (Wildman–Crippen LogP) is 2.18. The lowest BCUT2D eigenvalue weighted by Crippen LogP contribution is -1.90. The Morgan fingerprint density at radius 2 is 1.80 bits per heavy atom. The van der Waals surface area contributed by atoms with E-state index in [1.165, 1.54) is 24.4 Å². The van der Waals surface area contributed by atoms with Gasteiger partial charge in [-0.3, -0.25) is 0 Å². The van der Waals surface area contributed by atoms with Gasteiger partial charge in [-0.25, -0.2) is 9.37 Å². The molecule has 0 spiro atoms. The number of nitrogens with two attached hydrogens (primary N) is 1. The van der Waals surface area contributed by atoms with Crippen molar-refractivity contribution in [3.63, 3.8) is 0 Å². The predicted molar refractivity (Wildman–Crippen MR) is 55.7 cm³/mol. The van der Waals surface area contributed by atoms with Crippen molar-refractivity contribution in [1.29, 1.82) is 0 Å². The van der Waals surface area contributed by atoms with Gasteiger partial charge in [-0.1, -0.05) is 12.1 Å². The standard InChI is InChI=1S/C11H9FN2O/c12-9-3-1-7(2-4-9)8-5-10(15)11(13)14-6-8/h1-6,15H,(H2,13,14). The van der Waals surface area contributed by atoms with Crippen LogP contribution in [0.1, 0.15) is 0 Å². The molecule has 1 aromatic carbocycles. The van der Waals surface area contributed by atoms with Crippen LogP contribution in [0.3, 0.4) is 0 Å². The van der Waals surface area contributed by atoms with Crippen molar-refractivity contribution < 1.29 is 9.50 Å². The fraction of sp³-hybridized carbons (Fsp3) is 0. The van der Waals surface area contributed by atoms with Crippen molar-refractivity contribution in [2.24, 2.45) is 0 Å². The van der Waals surface area contributed by atoms with Crippen molar-refractivity contribution in [2.75, 3.05) is 5.73 Å². The molecule has 76 valence electrons. The molecular weight excluding hydrogens is 195 g/mol. The van der Waals surface area contributed by atoms with Crippen LogP contribution >= 0.6 is 0 Å². The van der Waals surface area contributed by atoms with Crippen LogP contribution in [-0.2, 0) is 0 Å². The van der Waals surface area contributed by atoms with Gasteiger partial charge in [0.1, 0.15) is 5.82 Å². The number of aromatic hydroxyl groups is 1. The number of rotatable bonds is 1. The summed E-state index contributed by atoms with van der Waals surface area (Å²) in [6, 6.07) is 7.42. The lowest BCUT2D eigenvalue weighted by Gasteiger charge is -2.03. The number of anilines is 1. The van der Waals surface area contributed by atoms with Crippen LogP contribution in [0.5, 0.6) is 5.75 Å². The zero-order valence-corrected chi connectivity index (χ0v) is 7.81. The largest absolute Gasteiger partial charge is 0.504 e. The van der Waals surface area contributed by atoms with Gasteiger partial charge in [0.2, 0.25) is 0 Å². The molecule has 15 heavy (non-hydrogen) atoms. The fourth-order valence-electron chi connectivity index (χ4n) is 1.26. The summed E-state index contributed by atoms with van der Waals surface area (Å²) in [6.45, 7) is 0. The lowest BCUT2D eigenvalue weighted by molar-refractivity contribution is 0.476. The average molecular weight is 204 g/mol. The van der Waals surface area contributed by atoms with Crippen molar-refractivity contribution in [1.82, 2.24) is 4.98 Å². The molecule has 0 saturated heterocycles. The van der Waals surface area contributed by atoms with E-state index < -0.39 is 0 Å². The third kappa shape index (κ3) is 1.88. The van der Waals surface area contributed by atoms with Gasteiger partial charge in [0.15, 0.2) is 11.6 Å². The SMILES string of the molecule is Nc1ncc(-c2ccc(F)cc2)cc1O. The molecule has 0 amide bonds. The first-order valence-electron chi connectivity index (χ1n) is 4.37. The number of nitrogens with zero attached hydrogens (tertiary/aromatic N) is 1. The zero-order chi connectivity index (χ0) is 10.8. The minimum Gasteiger partial charge on any atom is -0.504 e. The summed E-state index contributed by atoms with van der Waals surface area (Å²) in [6.07, 6.45) is 1.53. The summed E-state index contributed by atoms with van der Waals surface area (Å²) >= 11 is 0. The number of hydrogen-bond acceptors (Lipinski definition) is 3. The van der Waals surface area contributed by atoms with E-state index in [4.69, 9.17) is 5.73 Å². The van der Waals surface area contributed by atoms with Gasteiger partial charge >= 0.3 is 0 Å².